The molecule has 1 atom stereocenters. The number of aromatic nitrogens is 3. The average Bonchev–Trinajstić information content (AvgIpc) is 3.98. The summed E-state index contributed by atoms with van der Waals surface area (Å²) in [7, 11) is -4.08. The zero-order valence-electron chi connectivity index (χ0n) is 31.7. The zero-order chi connectivity index (χ0) is 40.3. The van der Waals surface area contributed by atoms with E-state index in [4.69, 9.17) is 9.26 Å². The Hall–Kier alpha value is -5.39. The Kier molecular flexibility index (Phi) is 11.9. The molecular formula is C40H45F2N7O7S. The first-order chi connectivity index (χ1) is 27.4. The summed E-state index contributed by atoms with van der Waals surface area (Å²) in [6.07, 6.45) is 6.13. The summed E-state index contributed by atoms with van der Waals surface area (Å²) in [5.74, 6) is -4.62. The fraction of sp³-hybridized carbons (Fsp3) is 0.400. The molecule has 0 aliphatic carbocycles. The molecule has 57 heavy (non-hydrogen) atoms. The fourth-order valence-corrected chi connectivity index (χ4v) is 8.69. The molecule has 2 aromatic carbocycles. The number of H-pyrrole nitrogens is 1. The maximum Gasteiger partial charge on any atom is 0.314 e. The zero-order valence-corrected chi connectivity index (χ0v) is 32.5. The van der Waals surface area contributed by atoms with Crippen LogP contribution in [0.4, 0.5) is 20.2 Å². The third-order valence-electron chi connectivity index (χ3n) is 10.5. The summed E-state index contributed by atoms with van der Waals surface area (Å²) < 4.78 is 70.6. The van der Waals surface area contributed by atoms with Crippen molar-refractivity contribution in [1.82, 2.24) is 24.3 Å². The number of fused-ring (bicyclic) bond motifs is 1. The van der Waals surface area contributed by atoms with Gasteiger partial charge in [0.2, 0.25) is 5.78 Å². The quantitative estimate of drug-likeness (QED) is 0.0756. The van der Waals surface area contributed by atoms with Gasteiger partial charge < -0.3 is 24.3 Å². The lowest BCUT2D eigenvalue weighted by Gasteiger charge is -2.36. The number of piperazine rings is 1. The Balaban J connectivity index is 0.931. The van der Waals surface area contributed by atoms with E-state index in [1.807, 2.05) is 38.1 Å². The van der Waals surface area contributed by atoms with Crippen LogP contribution in [0.2, 0.25) is 0 Å². The molecular weight excluding hydrogens is 761 g/mol. The van der Waals surface area contributed by atoms with Crippen LogP contribution >= 0.6 is 0 Å². The molecule has 7 rings (SSSR count). The molecule has 17 heteroatoms. The van der Waals surface area contributed by atoms with Gasteiger partial charge in [0.05, 0.1) is 17.9 Å². The number of aliphatic carboxylic acids is 1. The number of nitrogens with zero attached hydrogens (tertiary/aromatic N) is 5. The number of anilines is 2. The van der Waals surface area contributed by atoms with Crippen LogP contribution in [0.1, 0.15) is 67.1 Å². The van der Waals surface area contributed by atoms with Gasteiger partial charge in [-0.3, -0.25) is 19.2 Å². The molecule has 1 unspecified atom stereocenters. The Morgan fingerprint density at radius 2 is 1.72 bits per heavy atom. The monoisotopic (exact) mass is 805 g/mol. The molecule has 0 saturated carbocycles. The fourth-order valence-electron chi connectivity index (χ4n) is 7.39. The maximum atomic E-state index is 15.7. The number of ether oxygens (including phenoxy) is 1. The minimum absolute atomic E-state index is 0.0000462. The molecule has 5 aromatic rings. The topological polar surface area (TPSA) is 174 Å². The van der Waals surface area contributed by atoms with Crippen molar-refractivity contribution in [2.45, 2.75) is 45.4 Å². The van der Waals surface area contributed by atoms with E-state index in [0.717, 1.165) is 68.9 Å². The molecule has 3 N–H and O–H groups in total. The van der Waals surface area contributed by atoms with Gasteiger partial charge in [0.25, 0.3) is 5.88 Å². The summed E-state index contributed by atoms with van der Waals surface area (Å²) in [4.78, 5) is 37.3. The Bertz CT molecular complexity index is 2340. The van der Waals surface area contributed by atoms with E-state index in [2.05, 4.69) is 29.6 Å². The highest BCUT2D eigenvalue weighted by atomic mass is 32.2. The maximum absolute atomic E-state index is 15.7. The lowest BCUT2D eigenvalue weighted by atomic mass is 9.94. The SMILES string of the molecule is CC(C)C(C(=O)O)c1cc(OCCCCN2CCN(c3ccc(-c4cnc5[nH]cc(C(=O)c6c(F)ccc(NS(=O)(=O)N7CCCC7)c6F)c5c4)cc3)CC2)no1. The first-order valence-corrected chi connectivity index (χ1v) is 20.5. The minimum atomic E-state index is -4.08. The first-order valence-electron chi connectivity index (χ1n) is 19.1. The second-order valence-corrected chi connectivity index (χ2v) is 16.4. The van der Waals surface area contributed by atoms with Crippen molar-refractivity contribution in [3.63, 3.8) is 0 Å². The molecule has 2 saturated heterocycles. The van der Waals surface area contributed by atoms with Crippen molar-refractivity contribution in [2.75, 3.05) is 62.0 Å². The van der Waals surface area contributed by atoms with Crippen LogP contribution in [0.3, 0.4) is 0 Å². The summed E-state index contributed by atoms with van der Waals surface area (Å²) in [6, 6.07) is 13.2. The van der Waals surface area contributed by atoms with Crippen molar-refractivity contribution < 1.29 is 41.2 Å². The van der Waals surface area contributed by atoms with Gasteiger partial charge in [0, 0.05) is 79.9 Å². The van der Waals surface area contributed by atoms with E-state index in [-0.39, 0.29) is 11.5 Å². The van der Waals surface area contributed by atoms with Crippen molar-refractivity contribution in [1.29, 1.82) is 0 Å². The van der Waals surface area contributed by atoms with Crippen LogP contribution in [0.5, 0.6) is 5.88 Å². The predicted octanol–water partition coefficient (Wildman–Crippen LogP) is 6.29. The first kappa shape index (κ1) is 39.8. The minimum Gasteiger partial charge on any atom is -0.481 e. The number of nitrogens with one attached hydrogen (secondary N) is 2. The Labute approximate surface area is 329 Å². The van der Waals surface area contributed by atoms with E-state index in [1.165, 1.54) is 10.5 Å². The van der Waals surface area contributed by atoms with E-state index in [9.17, 15) is 23.1 Å². The number of hydrogen-bond donors (Lipinski definition) is 3. The van der Waals surface area contributed by atoms with Crippen molar-refractivity contribution in [3.8, 4) is 17.0 Å². The highest BCUT2D eigenvalue weighted by Crippen LogP contribution is 2.32. The number of carboxylic acids is 1. The van der Waals surface area contributed by atoms with Crippen LogP contribution in [-0.4, -0.2) is 102 Å². The molecule has 5 heterocycles. The van der Waals surface area contributed by atoms with E-state index in [0.29, 0.717) is 60.8 Å². The number of carbonyl (C=O) groups is 2. The smallest absolute Gasteiger partial charge is 0.314 e. The van der Waals surface area contributed by atoms with Crippen LogP contribution < -0.4 is 14.4 Å². The number of pyridine rings is 1. The highest BCUT2D eigenvalue weighted by molar-refractivity contribution is 7.90. The van der Waals surface area contributed by atoms with Crippen molar-refractivity contribution in [2.24, 2.45) is 5.92 Å². The Morgan fingerprint density at radius 3 is 2.42 bits per heavy atom. The van der Waals surface area contributed by atoms with E-state index < -0.39 is 50.8 Å². The predicted molar refractivity (Wildman–Crippen MR) is 210 cm³/mol. The number of halogens is 2. The highest BCUT2D eigenvalue weighted by Gasteiger charge is 2.30. The number of ketones is 1. The average molecular weight is 806 g/mol. The molecule has 0 bridgehead atoms. The number of benzene rings is 2. The number of carboxylic acid groups (broad SMARTS) is 1. The third kappa shape index (κ3) is 8.79. The molecule has 2 aliphatic heterocycles. The van der Waals surface area contributed by atoms with Gasteiger partial charge in [0.1, 0.15) is 17.4 Å². The second kappa shape index (κ2) is 17.0. The lowest BCUT2D eigenvalue weighted by molar-refractivity contribution is -0.140. The van der Waals surface area contributed by atoms with Gasteiger partial charge in [-0.1, -0.05) is 26.0 Å². The number of aromatic amines is 1. The largest absolute Gasteiger partial charge is 0.481 e. The van der Waals surface area contributed by atoms with Gasteiger partial charge in [-0.15, -0.1) is 0 Å². The van der Waals surface area contributed by atoms with Gasteiger partial charge in [-0.25, -0.2) is 13.8 Å². The molecule has 2 aliphatic rings. The third-order valence-corrected chi connectivity index (χ3v) is 12.1. The number of hydrogen-bond acceptors (Lipinski definition) is 10. The van der Waals surface area contributed by atoms with Crippen molar-refractivity contribution >= 4 is 44.4 Å². The van der Waals surface area contributed by atoms with Gasteiger partial charge in [-0.2, -0.15) is 12.7 Å². The van der Waals surface area contributed by atoms with Crippen LogP contribution in [0.25, 0.3) is 22.2 Å². The molecule has 2 fully saturated rings. The molecule has 0 amide bonds. The second-order valence-electron chi connectivity index (χ2n) is 14.7. The molecule has 0 spiro atoms. The van der Waals surface area contributed by atoms with Gasteiger partial charge >= 0.3 is 16.2 Å². The van der Waals surface area contributed by atoms with Crippen LogP contribution in [-0.2, 0) is 15.0 Å². The molecule has 3 aromatic heterocycles. The van der Waals surface area contributed by atoms with Crippen LogP contribution in [0, 0.1) is 17.6 Å². The summed E-state index contributed by atoms with van der Waals surface area (Å²) in [5, 5.41) is 13.7. The summed E-state index contributed by atoms with van der Waals surface area (Å²) >= 11 is 0. The number of unbranched alkanes of at least 4 members (excludes halogenated alkanes) is 1. The molecule has 302 valence electrons. The lowest BCUT2D eigenvalue weighted by Crippen LogP contribution is -2.46. The summed E-state index contributed by atoms with van der Waals surface area (Å²) in [5.41, 5.74) is 1.60. The molecule has 0 radical (unpaired) electrons. The van der Waals surface area contributed by atoms with Crippen molar-refractivity contribution in [3.05, 3.63) is 89.4 Å². The van der Waals surface area contributed by atoms with Gasteiger partial charge in [-0.05, 0) is 79.2 Å². The number of rotatable bonds is 16. The van der Waals surface area contributed by atoms with E-state index in [1.54, 1.807) is 18.3 Å². The standard InChI is InChI=1S/C40H45F2N7O7S/c1-25(2)35(40(51)52)33-22-34(45-56-33)55-20-6-5-13-47-16-18-48(19-17-47)28-9-7-26(8-10-28)27-21-29-30(24-44-39(29)43-23-27)38(50)36-31(41)11-12-32(37(36)42)46-57(53,54)49-14-3-4-15-49/h7-12,21-25,35,46H,3-6,13-20H2,1-2H3,(H,43,44)(H,51,52). The summed E-state index contributed by atoms with van der Waals surface area (Å²) in [6.45, 7) is 9.13. The normalized spacial score (nSPS) is 16.1. The van der Waals surface area contributed by atoms with Gasteiger partial charge in [0.15, 0.2) is 11.6 Å². The Morgan fingerprint density at radius 1 is 0.982 bits per heavy atom. The number of carbonyl (C=O) groups excluding carboxylic acids is 1. The van der Waals surface area contributed by atoms with E-state index >= 15 is 8.78 Å². The van der Waals surface area contributed by atoms with Crippen LogP contribution in [0.15, 0.2) is 65.4 Å². The molecule has 14 nitrogen and oxygen atoms in total.